The topological polar surface area (TPSA) is 41.6 Å². The van der Waals surface area contributed by atoms with E-state index in [0.29, 0.717) is 25.5 Å². The number of nitrogens with zero attached hydrogens (tertiary/aromatic N) is 2. The molecule has 1 spiro atoms. The van der Waals surface area contributed by atoms with Crippen LogP contribution in [0.1, 0.15) is 39.0 Å². The Hall–Kier alpha value is -0.940. The van der Waals surface area contributed by atoms with Gasteiger partial charge in [-0.2, -0.15) is 13.2 Å². The van der Waals surface area contributed by atoms with Crippen LogP contribution in [0.5, 0.6) is 0 Å². The molecule has 0 saturated heterocycles. The van der Waals surface area contributed by atoms with Crippen LogP contribution in [0.3, 0.4) is 0 Å². The smallest absolute Gasteiger partial charge is 0.370 e. The monoisotopic (exact) mass is 263 g/mol. The van der Waals surface area contributed by atoms with Crippen LogP contribution in [0.4, 0.5) is 13.2 Å². The van der Waals surface area contributed by atoms with Gasteiger partial charge in [-0.25, -0.2) is 0 Å². The predicted octanol–water partition coefficient (Wildman–Crippen LogP) is 2.52. The SMILES string of the molecule is CCCN1C(N)=NCC12CCCC(C(F)(F)F)C2. The average Bonchev–Trinajstić information content (AvgIpc) is 2.58. The molecule has 3 nitrogen and oxygen atoms in total. The first-order valence-electron chi connectivity index (χ1n) is 6.53. The van der Waals surface area contributed by atoms with E-state index in [2.05, 4.69) is 4.99 Å². The molecule has 2 unspecified atom stereocenters. The van der Waals surface area contributed by atoms with Gasteiger partial charge in [-0.05, 0) is 25.7 Å². The van der Waals surface area contributed by atoms with E-state index in [0.717, 1.165) is 12.8 Å². The Morgan fingerprint density at radius 1 is 1.50 bits per heavy atom. The number of nitrogens with two attached hydrogens (primary N) is 1. The second-order valence-corrected chi connectivity index (χ2v) is 5.39. The van der Waals surface area contributed by atoms with Crippen LogP contribution in [-0.4, -0.2) is 35.7 Å². The van der Waals surface area contributed by atoms with Crippen molar-refractivity contribution >= 4 is 5.96 Å². The molecule has 2 rings (SSSR count). The predicted molar refractivity (Wildman–Crippen MR) is 64.2 cm³/mol. The lowest BCUT2D eigenvalue weighted by Crippen LogP contribution is -2.55. The van der Waals surface area contributed by atoms with Crippen molar-refractivity contribution < 1.29 is 13.2 Å². The maximum absolute atomic E-state index is 12.9. The minimum absolute atomic E-state index is 0.140. The fourth-order valence-electron chi connectivity index (χ4n) is 3.23. The van der Waals surface area contributed by atoms with Gasteiger partial charge in [0.25, 0.3) is 0 Å². The summed E-state index contributed by atoms with van der Waals surface area (Å²) < 4.78 is 38.7. The second kappa shape index (κ2) is 4.63. The van der Waals surface area contributed by atoms with Crippen molar-refractivity contribution in [3.05, 3.63) is 0 Å². The van der Waals surface area contributed by atoms with Gasteiger partial charge >= 0.3 is 6.18 Å². The third-order valence-electron chi connectivity index (χ3n) is 4.12. The number of aliphatic imine (C=N–C) groups is 1. The number of guanidine groups is 1. The summed E-state index contributed by atoms with van der Waals surface area (Å²) >= 11 is 0. The van der Waals surface area contributed by atoms with Gasteiger partial charge < -0.3 is 10.6 Å². The quantitative estimate of drug-likeness (QED) is 0.831. The first kappa shape index (κ1) is 13.5. The third kappa shape index (κ3) is 2.29. The molecule has 2 N–H and O–H groups in total. The van der Waals surface area contributed by atoms with Crippen LogP contribution in [0.25, 0.3) is 0 Å². The summed E-state index contributed by atoms with van der Waals surface area (Å²) in [5, 5.41) is 0. The molecule has 0 aromatic carbocycles. The van der Waals surface area contributed by atoms with Gasteiger partial charge in [-0.15, -0.1) is 0 Å². The van der Waals surface area contributed by atoms with E-state index in [1.807, 2.05) is 11.8 Å². The summed E-state index contributed by atoms with van der Waals surface area (Å²) in [6.45, 7) is 3.12. The molecule has 18 heavy (non-hydrogen) atoms. The van der Waals surface area contributed by atoms with E-state index >= 15 is 0 Å². The Morgan fingerprint density at radius 2 is 2.22 bits per heavy atom. The summed E-state index contributed by atoms with van der Waals surface area (Å²) in [6.07, 6.45) is -1.47. The maximum Gasteiger partial charge on any atom is 0.391 e. The van der Waals surface area contributed by atoms with Crippen molar-refractivity contribution in [2.75, 3.05) is 13.1 Å². The van der Waals surface area contributed by atoms with E-state index in [1.54, 1.807) is 0 Å². The Labute approximate surface area is 105 Å². The summed E-state index contributed by atoms with van der Waals surface area (Å²) in [5.74, 6) is -0.786. The highest BCUT2D eigenvalue weighted by molar-refractivity contribution is 5.81. The lowest BCUT2D eigenvalue weighted by atomic mass is 9.74. The largest absolute Gasteiger partial charge is 0.391 e. The van der Waals surface area contributed by atoms with Gasteiger partial charge in [0.05, 0.1) is 18.0 Å². The van der Waals surface area contributed by atoms with Gasteiger partial charge in [0.15, 0.2) is 5.96 Å². The number of hydrogen-bond donors (Lipinski definition) is 1. The molecule has 2 aliphatic rings. The molecule has 6 heteroatoms. The van der Waals surface area contributed by atoms with Crippen LogP contribution in [0.15, 0.2) is 4.99 Å². The molecule has 0 bridgehead atoms. The van der Waals surface area contributed by atoms with Crippen LogP contribution in [-0.2, 0) is 0 Å². The van der Waals surface area contributed by atoms with Gasteiger partial charge in [-0.1, -0.05) is 13.3 Å². The average molecular weight is 263 g/mol. The number of halogens is 3. The van der Waals surface area contributed by atoms with Crippen LogP contribution in [0, 0.1) is 5.92 Å². The molecule has 0 radical (unpaired) electrons. The highest BCUT2D eigenvalue weighted by Gasteiger charge is 2.51. The van der Waals surface area contributed by atoms with Gasteiger partial charge in [0.1, 0.15) is 0 Å². The highest BCUT2D eigenvalue weighted by atomic mass is 19.4. The van der Waals surface area contributed by atoms with Crippen molar-refractivity contribution in [3.8, 4) is 0 Å². The van der Waals surface area contributed by atoms with Crippen molar-refractivity contribution in [2.45, 2.75) is 50.7 Å². The fraction of sp³-hybridized carbons (Fsp3) is 0.917. The van der Waals surface area contributed by atoms with Crippen LogP contribution in [0.2, 0.25) is 0 Å². The highest BCUT2D eigenvalue weighted by Crippen LogP contribution is 2.45. The van der Waals surface area contributed by atoms with Gasteiger partial charge in [0.2, 0.25) is 0 Å². The normalized spacial score (nSPS) is 33.0. The molecule has 1 saturated carbocycles. The van der Waals surface area contributed by atoms with E-state index in [1.165, 1.54) is 0 Å². The molecule has 104 valence electrons. The molecule has 1 aliphatic carbocycles. The standard InChI is InChI=1S/C12H20F3N3/c1-2-6-18-10(16)17-8-11(18)5-3-4-9(7-11)12(13,14)15/h9H,2-8H2,1H3,(H2,16,17). The van der Waals surface area contributed by atoms with E-state index in [-0.39, 0.29) is 12.8 Å². The van der Waals surface area contributed by atoms with Crippen molar-refractivity contribution in [3.63, 3.8) is 0 Å². The summed E-state index contributed by atoms with van der Waals surface area (Å²) in [7, 11) is 0. The summed E-state index contributed by atoms with van der Waals surface area (Å²) in [5.41, 5.74) is 5.35. The molecule has 1 aliphatic heterocycles. The van der Waals surface area contributed by atoms with Gasteiger partial charge in [-0.3, -0.25) is 4.99 Å². The zero-order valence-electron chi connectivity index (χ0n) is 10.6. The Balaban J connectivity index is 2.16. The molecule has 0 amide bonds. The van der Waals surface area contributed by atoms with Crippen molar-refractivity contribution in [1.29, 1.82) is 0 Å². The molecule has 1 heterocycles. The second-order valence-electron chi connectivity index (χ2n) is 5.39. The molecule has 0 aromatic heterocycles. The zero-order chi connectivity index (χ0) is 13.4. The van der Waals surface area contributed by atoms with Crippen LogP contribution >= 0.6 is 0 Å². The van der Waals surface area contributed by atoms with E-state index in [4.69, 9.17) is 5.73 Å². The zero-order valence-corrected chi connectivity index (χ0v) is 10.6. The molecular weight excluding hydrogens is 243 g/mol. The Morgan fingerprint density at radius 3 is 2.83 bits per heavy atom. The number of rotatable bonds is 2. The fourth-order valence-corrected chi connectivity index (χ4v) is 3.23. The summed E-state index contributed by atoms with van der Waals surface area (Å²) in [4.78, 5) is 6.09. The molecular formula is C12H20F3N3. The first-order valence-corrected chi connectivity index (χ1v) is 6.53. The lowest BCUT2D eigenvalue weighted by molar-refractivity contribution is -0.190. The third-order valence-corrected chi connectivity index (χ3v) is 4.12. The number of alkyl halides is 3. The molecule has 0 aromatic rings. The maximum atomic E-state index is 12.9. The van der Waals surface area contributed by atoms with Gasteiger partial charge in [0, 0.05) is 6.54 Å². The van der Waals surface area contributed by atoms with Crippen LogP contribution < -0.4 is 5.73 Å². The minimum atomic E-state index is -4.09. The first-order chi connectivity index (χ1) is 8.39. The summed E-state index contributed by atoms with van der Waals surface area (Å²) in [6, 6.07) is 0. The molecule has 2 atom stereocenters. The van der Waals surface area contributed by atoms with Crippen molar-refractivity contribution in [1.82, 2.24) is 4.90 Å². The van der Waals surface area contributed by atoms with Crippen molar-refractivity contribution in [2.24, 2.45) is 16.6 Å². The Kier molecular flexibility index (Phi) is 3.47. The molecule has 1 fully saturated rings. The minimum Gasteiger partial charge on any atom is -0.370 e. The Bertz CT molecular complexity index is 340. The van der Waals surface area contributed by atoms with E-state index in [9.17, 15) is 13.2 Å². The lowest BCUT2D eigenvalue weighted by Gasteiger charge is -2.45. The number of hydrogen-bond acceptors (Lipinski definition) is 3. The van der Waals surface area contributed by atoms with E-state index < -0.39 is 17.6 Å².